The Bertz CT molecular complexity index is 1790. The third kappa shape index (κ3) is 6.68. The first kappa shape index (κ1) is 32.1. The van der Waals surface area contributed by atoms with E-state index in [1.165, 1.54) is 11.9 Å². The maximum Gasteiger partial charge on any atom is 0.237 e. The van der Waals surface area contributed by atoms with Crippen LogP contribution in [0.1, 0.15) is 41.6 Å². The van der Waals surface area contributed by atoms with Crippen molar-refractivity contribution in [1.82, 2.24) is 14.8 Å². The molecule has 2 saturated heterocycles. The molecule has 2 aromatic carbocycles. The highest BCUT2D eigenvalue weighted by Crippen LogP contribution is 2.42. The molecular formula is C35H38ClN9O2. The monoisotopic (exact) mass is 651 g/mol. The number of carbonyl (C=O) groups is 2. The first-order valence-corrected chi connectivity index (χ1v) is 16.0. The number of nitrogen functional groups attached to an aromatic ring is 1. The number of nitrogens with two attached hydrogens (primary N) is 2. The largest absolute Gasteiger partial charge is 0.397 e. The number of pyridine rings is 1. The highest BCUT2D eigenvalue weighted by molar-refractivity contribution is 6.30. The molecule has 0 saturated carbocycles. The van der Waals surface area contributed by atoms with E-state index >= 15 is 0 Å². The van der Waals surface area contributed by atoms with Crippen LogP contribution >= 0.6 is 11.6 Å². The fraction of sp³-hybridized carbons (Fsp3) is 0.314. The van der Waals surface area contributed by atoms with Crippen molar-refractivity contribution in [3.05, 3.63) is 94.1 Å². The van der Waals surface area contributed by atoms with Crippen LogP contribution in [0.25, 0.3) is 5.57 Å². The maximum atomic E-state index is 13.8. The molecule has 1 aromatic heterocycles. The van der Waals surface area contributed by atoms with E-state index in [4.69, 9.17) is 28.5 Å². The van der Waals surface area contributed by atoms with Gasteiger partial charge in [-0.05, 0) is 61.2 Å². The zero-order chi connectivity index (χ0) is 33.1. The lowest BCUT2D eigenvalue weighted by Crippen LogP contribution is -2.43. The topological polar surface area (TPSA) is 157 Å². The Kier molecular flexibility index (Phi) is 9.19. The van der Waals surface area contributed by atoms with E-state index in [9.17, 15) is 9.59 Å². The summed E-state index contributed by atoms with van der Waals surface area (Å²) in [6, 6.07) is 18.3. The SMILES string of the molecule is CN=CN=C(N)c1ccc(C2=CCN(C(=O)CN3CC[C@]4(CCN(c5ccc(N)c(C(=N)c6ccc(Cl)cc6)n5)C4=O)C3)CC2)cc1. The standard InChI is InChI=1S/C35H38ClN9O2/c1-40-22-41-33(39)26-4-2-23(3-5-26)24-12-16-44(17-13-24)30(46)20-43-18-14-35(21-43)15-19-45(34(35)47)29-11-10-28(37)32(42-29)31(38)25-6-8-27(36)9-7-25/h2-12,22,38H,13-21,37H2,1H3,(H2,39,40,41)/t35-/m0/s1. The Morgan fingerprint density at radius 1 is 1.04 bits per heavy atom. The zero-order valence-electron chi connectivity index (χ0n) is 26.3. The molecule has 11 nitrogen and oxygen atoms in total. The molecule has 3 aliphatic rings. The first-order chi connectivity index (χ1) is 22.7. The molecule has 2 fully saturated rings. The third-order valence-corrected chi connectivity index (χ3v) is 9.54. The molecule has 6 rings (SSSR count). The van der Waals surface area contributed by atoms with Gasteiger partial charge in [-0.2, -0.15) is 0 Å². The molecule has 1 atom stereocenters. The second kappa shape index (κ2) is 13.5. The summed E-state index contributed by atoms with van der Waals surface area (Å²) in [5, 5.41) is 9.26. The van der Waals surface area contributed by atoms with Crippen LogP contribution in [-0.4, -0.2) is 90.8 Å². The molecule has 0 aliphatic carbocycles. The number of amides is 2. The second-order valence-electron chi connectivity index (χ2n) is 12.2. The Labute approximate surface area is 279 Å². The fourth-order valence-electron chi connectivity index (χ4n) is 6.57. The highest BCUT2D eigenvalue weighted by Gasteiger charge is 2.51. The molecule has 0 bridgehead atoms. The summed E-state index contributed by atoms with van der Waals surface area (Å²) in [5.41, 5.74) is 16.3. The average molecular weight is 652 g/mol. The van der Waals surface area contributed by atoms with Crippen LogP contribution in [0.2, 0.25) is 5.02 Å². The predicted octanol–water partition coefficient (Wildman–Crippen LogP) is 3.84. The van der Waals surface area contributed by atoms with Gasteiger partial charge in [0.2, 0.25) is 11.8 Å². The zero-order valence-corrected chi connectivity index (χ0v) is 27.1. The lowest BCUT2D eigenvalue weighted by atomic mass is 9.85. The Morgan fingerprint density at radius 2 is 1.77 bits per heavy atom. The maximum absolute atomic E-state index is 13.8. The molecular weight excluding hydrogens is 614 g/mol. The summed E-state index contributed by atoms with van der Waals surface area (Å²) < 4.78 is 0. The van der Waals surface area contributed by atoms with Crippen molar-refractivity contribution < 1.29 is 9.59 Å². The number of amidine groups is 1. The molecule has 3 aliphatic heterocycles. The van der Waals surface area contributed by atoms with Gasteiger partial charge in [0.15, 0.2) is 0 Å². The summed E-state index contributed by atoms with van der Waals surface area (Å²) in [5.74, 6) is 0.978. The number of anilines is 2. The number of rotatable bonds is 8. The summed E-state index contributed by atoms with van der Waals surface area (Å²) >= 11 is 6.02. The number of nitrogens with one attached hydrogen (secondary N) is 1. The van der Waals surface area contributed by atoms with Gasteiger partial charge in [0, 0.05) is 49.4 Å². The molecule has 4 heterocycles. The van der Waals surface area contributed by atoms with Crippen molar-refractivity contribution in [2.75, 3.05) is 56.9 Å². The number of hydrogen-bond acceptors (Lipinski definition) is 7. The smallest absolute Gasteiger partial charge is 0.237 e. The quantitative estimate of drug-likeness (QED) is 0.248. The number of aromatic nitrogens is 1. The van der Waals surface area contributed by atoms with Gasteiger partial charge < -0.3 is 16.4 Å². The van der Waals surface area contributed by atoms with Crippen molar-refractivity contribution in [2.45, 2.75) is 19.3 Å². The van der Waals surface area contributed by atoms with Crippen LogP contribution in [0, 0.1) is 10.8 Å². The van der Waals surface area contributed by atoms with Crippen molar-refractivity contribution in [3.63, 3.8) is 0 Å². The molecule has 242 valence electrons. The number of aliphatic imine (C=N–C) groups is 2. The van der Waals surface area contributed by atoms with Gasteiger partial charge in [-0.3, -0.25) is 29.8 Å². The van der Waals surface area contributed by atoms with Crippen molar-refractivity contribution in [3.8, 4) is 0 Å². The van der Waals surface area contributed by atoms with Crippen molar-refractivity contribution in [1.29, 1.82) is 5.41 Å². The van der Waals surface area contributed by atoms with Crippen LogP contribution in [0.5, 0.6) is 0 Å². The summed E-state index contributed by atoms with van der Waals surface area (Å²) in [4.78, 5) is 45.5. The van der Waals surface area contributed by atoms with Crippen LogP contribution in [-0.2, 0) is 9.59 Å². The Morgan fingerprint density at radius 3 is 2.47 bits per heavy atom. The third-order valence-electron chi connectivity index (χ3n) is 9.29. The van der Waals surface area contributed by atoms with Crippen LogP contribution < -0.4 is 16.4 Å². The van der Waals surface area contributed by atoms with E-state index in [0.29, 0.717) is 79.2 Å². The number of carbonyl (C=O) groups excluding carboxylic acids is 2. The van der Waals surface area contributed by atoms with E-state index in [0.717, 1.165) is 17.5 Å². The van der Waals surface area contributed by atoms with Gasteiger partial charge >= 0.3 is 0 Å². The average Bonchev–Trinajstić information content (AvgIpc) is 3.65. The van der Waals surface area contributed by atoms with E-state index in [1.54, 1.807) is 48.3 Å². The molecule has 1 spiro atoms. The normalized spacial score (nSPS) is 20.4. The van der Waals surface area contributed by atoms with Crippen LogP contribution in [0.4, 0.5) is 11.5 Å². The Hall–Kier alpha value is -4.87. The van der Waals surface area contributed by atoms with E-state index < -0.39 is 5.41 Å². The minimum absolute atomic E-state index is 0.0109. The predicted molar refractivity (Wildman–Crippen MR) is 187 cm³/mol. The molecule has 0 radical (unpaired) electrons. The minimum atomic E-state index is -0.550. The lowest BCUT2D eigenvalue weighted by Gasteiger charge is -2.29. The number of hydrogen-bond donors (Lipinski definition) is 3. The van der Waals surface area contributed by atoms with E-state index in [-0.39, 0.29) is 24.1 Å². The number of benzene rings is 2. The van der Waals surface area contributed by atoms with Crippen LogP contribution in [0.3, 0.4) is 0 Å². The van der Waals surface area contributed by atoms with Gasteiger partial charge in [0.25, 0.3) is 0 Å². The summed E-state index contributed by atoms with van der Waals surface area (Å²) in [6.07, 6.45) is 5.68. The molecule has 47 heavy (non-hydrogen) atoms. The lowest BCUT2D eigenvalue weighted by molar-refractivity contribution is -0.132. The first-order valence-electron chi connectivity index (χ1n) is 15.6. The van der Waals surface area contributed by atoms with Gasteiger partial charge in [-0.25, -0.2) is 9.98 Å². The Balaban J connectivity index is 1.05. The molecule has 5 N–H and O–H groups in total. The fourth-order valence-corrected chi connectivity index (χ4v) is 6.70. The van der Waals surface area contributed by atoms with Gasteiger partial charge in [0.05, 0.1) is 23.4 Å². The van der Waals surface area contributed by atoms with E-state index in [1.807, 2.05) is 29.2 Å². The summed E-state index contributed by atoms with van der Waals surface area (Å²) in [7, 11) is 1.64. The van der Waals surface area contributed by atoms with Crippen molar-refractivity contribution in [2.24, 2.45) is 21.1 Å². The van der Waals surface area contributed by atoms with Gasteiger partial charge in [-0.1, -0.05) is 54.1 Å². The van der Waals surface area contributed by atoms with Gasteiger partial charge in [0.1, 0.15) is 23.7 Å². The molecule has 12 heteroatoms. The van der Waals surface area contributed by atoms with E-state index in [2.05, 4.69) is 25.9 Å². The van der Waals surface area contributed by atoms with Crippen LogP contribution in [0.15, 0.2) is 76.7 Å². The molecule has 2 amide bonds. The number of nitrogens with zero attached hydrogens (tertiary/aromatic N) is 6. The highest BCUT2D eigenvalue weighted by atomic mass is 35.5. The number of likely N-dealkylation sites (tertiary alicyclic amines) is 1. The molecule has 0 unspecified atom stereocenters. The summed E-state index contributed by atoms with van der Waals surface area (Å²) in [6.45, 7) is 3.23. The van der Waals surface area contributed by atoms with Gasteiger partial charge in [-0.15, -0.1) is 0 Å². The number of halogens is 1. The second-order valence-corrected chi connectivity index (χ2v) is 12.7. The minimum Gasteiger partial charge on any atom is -0.397 e. The molecule has 3 aromatic rings. The van der Waals surface area contributed by atoms with Crippen molar-refractivity contribution >= 4 is 58.4 Å².